The van der Waals surface area contributed by atoms with E-state index in [0.29, 0.717) is 0 Å². The zero-order valence-corrected chi connectivity index (χ0v) is 16.4. The second-order valence-corrected chi connectivity index (χ2v) is 7.25. The fourth-order valence-electron chi connectivity index (χ4n) is 3.34. The molecule has 2 aromatic carbocycles. The Morgan fingerprint density at radius 1 is 0.906 bits per heavy atom. The molecule has 32 heavy (non-hydrogen) atoms. The minimum absolute atomic E-state index is 0.0434. The van der Waals surface area contributed by atoms with E-state index in [1.165, 1.54) is 13.0 Å². The SMILES string of the molecule is CC1OC(Oc2c(-c3ccc(O)c(O)c3)oc3cc(O)cc(O)c3c2=O)C(O)C(=O)C1O. The molecule has 0 saturated carbocycles. The minimum Gasteiger partial charge on any atom is -0.508 e. The Labute approximate surface area is 178 Å². The number of carbonyl (C=O) groups excluding carboxylic acids is 1. The summed E-state index contributed by atoms with van der Waals surface area (Å²) in [6, 6.07) is 5.43. The molecule has 11 heteroatoms. The molecule has 0 radical (unpaired) electrons. The lowest BCUT2D eigenvalue weighted by Crippen LogP contribution is -2.56. The summed E-state index contributed by atoms with van der Waals surface area (Å²) < 4.78 is 16.5. The maximum absolute atomic E-state index is 13.2. The summed E-state index contributed by atoms with van der Waals surface area (Å²) in [6.07, 6.45) is -6.30. The third-order valence-corrected chi connectivity index (χ3v) is 5.02. The number of aliphatic hydroxyl groups is 2. The van der Waals surface area contributed by atoms with Gasteiger partial charge in [0.05, 0.1) is 6.10 Å². The number of carbonyl (C=O) groups is 1. The average Bonchev–Trinajstić information content (AvgIpc) is 2.73. The molecular weight excluding hydrogens is 428 g/mol. The van der Waals surface area contributed by atoms with Gasteiger partial charge in [-0.25, -0.2) is 0 Å². The number of ether oxygens (including phenoxy) is 2. The van der Waals surface area contributed by atoms with Crippen LogP contribution in [-0.2, 0) is 9.53 Å². The van der Waals surface area contributed by atoms with Crippen molar-refractivity contribution in [1.82, 2.24) is 0 Å². The van der Waals surface area contributed by atoms with Crippen LogP contribution in [0, 0.1) is 0 Å². The van der Waals surface area contributed by atoms with Crippen LogP contribution in [0.4, 0.5) is 0 Å². The number of aromatic hydroxyl groups is 4. The Morgan fingerprint density at radius 3 is 2.31 bits per heavy atom. The lowest BCUT2D eigenvalue weighted by molar-refractivity contribution is -0.220. The van der Waals surface area contributed by atoms with E-state index < -0.39 is 64.6 Å². The largest absolute Gasteiger partial charge is 0.508 e. The highest BCUT2D eigenvalue weighted by Gasteiger charge is 2.43. The highest BCUT2D eigenvalue weighted by atomic mass is 16.7. The predicted octanol–water partition coefficient (Wildman–Crippen LogP) is 0.697. The van der Waals surface area contributed by atoms with Gasteiger partial charge in [-0.05, 0) is 25.1 Å². The van der Waals surface area contributed by atoms with Gasteiger partial charge in [-0.15, -0.1) is 0 Å². The van der Waals surface area contributed by atoms with Gasteiger partial charge >= 0.3 is 0 Å². The highest BCUT2D eigenvalue weighted by molar-refractivity contribution is 5.89. The second kappa shape index (κ2) is 7.71. The summed E-state index contributed by atoms with van der Waals surface area (Å²) in [7, 11) is 0. The molecule has 0 spiro atoms. The van der Waals surface area contributed by atoms with Crippen molar-refractivity contribution >= 4 is 16.8 Å². The number of Topliss-reactive ketones (excluding diaryl/α,β-unsaturated/α-hetero) is 1. The Kier molecular flexibility index (Phi) is 5.17. The first-order chi connectivity index (χ1) is 15.1. The first kappa shape index (κ1) is 21.4. The number of benzene rings is 2. The van der Waals surface area contributed by atoms with Gasteiger partial charge in [0, 0.05) is 17.7 Å². The number of aliphatic hydroxyl groups excluding tert-OH is 2. The minimum atomic E-state index is -1.94. The average molecular weight is 446 g/mol. The monoisotopic (exact) mass is 446 g/mol. The van der Waals surface area contributed by atoms with Gasteiger partial charge in [0.25, 0.3) is 0 Å². The fraction of sp³-hybridized carbons (Fsp3) is 0.238. The van der Waals surface area contributed by atoms with Crippen molar-refractivity contribution in [2.45, 2.75) is 31.5 Å². The smallest absolute Gasteiger partial charge is 0.239 e. The van der Waals surface area contributed by atoms with Crippen LogP contribution in [0.5, 0.6) is 28.7 Å². The molecule has 0 amide bonds. The summed E-state index contributed by atoms with van der Waals surface area (Å²) in [6.45, 7) is 1.36. The fourth-order valence-corrected chi connectivity index (χ4v) is 3.34. The second-order valence-electron chi connectivity index (χ2n) is 7.25. The number of fused-ring (bicyclic) bond motifs is 1. The van der Waals surface area contributed by atoms with Crippen molar-refractivity contribution in [3.8, 4) is 40.1 Å². The van der Waals surface area contributed by atoms with E-state index in [9.17, 15) is 40.2 Å². The number of ketones is 1. The molecule has 2 heterocycles. The van der Waals surface area contributed by atoms with Crippen molar-refractivity contribution in [3.63, 3.8) is 0 Å². The summed E-state index contributed by atoms with van der Waals surface area (Å²) in [4.78, 5) is 25.3. The third kappa shape index (κ3) is 3.47. The topological polar surface area (TPSA) is 187 Å². The van der Waals surface area contributed by atoms with E-state index in [1.807, 2.05) is 0 Å². The maximum Gasteiger partial charge on any atom is 0.239 e. The molecule has 6 N–H and O–H groups in total. The summed E-state index contributed by atoms with van der Waals surface area (Å²) in [5.74, 6) is -3.90. The summed E-state index contributed by atoms with van der Waals surface area (Å²) in [5, 5.41) is 58.9. The molecular formula is C21H18O11. The van der Waals surface area contributed by atoms with Crippen molar-refractivity contribution in [3.05, 3.63) is 40.6 Å². The van der Waals surface area contributed by atoms with Gasteiger partial charge in [0.2, 0.25) is 17.5 Å². The van der Waals surface area contributed by atoms with E-state index in [0.717, 1.165) is 24.3 Å². The molecule has 4 atom stereocenters. The van der Waals surface area contributed by atoms with Crippen LogP contribution in [0.2, 0.25) is 0 Å². The number of hydrogen-bond acceptors (Lipinski definition) is 11. The molecule has 0 aliphatic carbocycles. The molecule has 4 rings (SSSR count). The number of hydrogen-bond donors (Lipinski definition) is 6. The molecule has 4 unspecified atom stereocenters. The Bertz CT molecular complexity index is 1280. The van der Waals surface area contributed by atoms with Crippen LogP contribution in [0.15, 0.2) is 39.5 Å². The predicted molar refractivity (Wildman–Crippen MR) is 107 cm³/mol. The third-order valence-electron chi connectivity index (χ3n) is 5.02. The Hall–Kier alpha value is -3.80. The van der Waals surface area contributed by atoms with Gasteiger partial charge in [-0.2, -0.15) is 0 Å². The zero-order valence-electron chi connectivity index (χ0n) is 16.4. The Morgan fingerprint density at radius 2 is 1.62 bits per heavy atom. The maximum atomic E-state index is 13.2. The number of rotatable bonds is 3. The van der Waals surface area contributed by atoms with Crippen LogP contribution in [0.3, 0.4) is 0 Å². The molecule has 0 bridgehead atoms. The molecule has 1 aliphatic heterocycles. The standard InChI is InChI=1S/C21H18O11/c1-7-15(26)17(28)18(29)21(30-7)32-20-16(27)14-12(25)5-9(22)6-13(14)31-19(20)8-2-3-10(23)11(24)4-8/h2-7,15,18,21-26,29H,1H3. The van der Waals surface area contributed by atoms with Crippen LogP contribution in [-0.4, -0.2) is 61.0 Å². The number of phenolic OH excluding ortho intramolecular Hbond substituents is 4. The quantitative estimate of drug-likeness (QED) is 0.311. The van der Waals surface area contributed by atoms with Crippen molar-refractivity contribution < 1.29 is 49.3 Å². The van der Waals surface area contributed by atoms with Crippen LogP contribution < -0.4 is 10.2 Å². The lowest BCUT2D eigenvalue weighted by Gasteiger charge is -2.34. The van der Waals surface area contributed by atoms with Gasteiger partial charge in [-0.1, -0.05) is 0 Å². The van der Waals surface area contributed by atoms with Crippen molar-refractivity contribution in [1.29, 1.82) is 0 Å². The van der Waals surface area contributed by atoms with Crippen molar-refractivity contribution in [2.24, 2.45) is 0 Å². The van der Waals surface area contributed by atoms with Crippen LogP contribution >= 0.6 is 0 Å². The van der Waals surface area contributed by atoms with Crippen LogP contribution in [0.1, 0.15) is 6.92 Å². The first-order valence-electron chi connectivity index (χ1n) is 9.35. The number of phenols is 4. The molecule has 1 aliphatic rings. The molecule has 3 aromatic rings. The first-order valence-corrected chi connectivity index (χ1v) is 9.35. The summed E-state index contributed by atoms with van der Waals surface area (Å²) in [5.41, 5.74) is -1.12. The lowest BCUT2D eigenvalue weighted by atomic mass is 10.0. The molecule has 1 saturated heterocycles. The van der Waals surface area contributed by atoms with Crippen LogP contribution in [0.25, 0.3) is 22.3 Å². The van der Waals surface area contributed by atoms with E-state index in [2.05, 4.69) is 0 Å². The van der Waals surface area contributed by atoms with E-state index in [1.54, 1.807) is 0 Å². The normalized spacial score (nSPS) is 23.4. The summed E-state index contributed by atoms with van der Waals surface area (Å²) >= 11 is 0. The molecule has 168 valence electrons. The van der Waals surface area contributed by atoms with Gasteiger partial charge in [0.1, 0.15) is 28.6 Å². The zero-order chi connectivity index (χ0) is 23.3. The molecule has 11 nitrogen and oxygen atoms in total. The highest BCUT2D eigenvalue weighted by Crippen LogP contribution is 2.39. The van der Waals surface area contributed by atoms with E-state index >= 15 is 0 Å². The van der Waals surface area contributed by atoms with Crippen molar-refractivity contribution in [2.75, 3.05) is 0 Å². The van der Waals surface area contributed by atoms with Gasteiger partial charge in [0.15, 0.2) is 29.1 Å². The van der Waals surface area contributed by atoms with E-state index in [-0.39, 0.29) is 22.3 Å². The van der Waals surface area contributed by atoms with Gasteiger partial charge < -0.3 is 44.5 Å². The Balaban J connectivity index is 1.93. The molecule has 1 fully saturated rings. The molecule has 1 aromatic heterocycles. The van der Waals surface area contributed by atoms with Gasteiger partial charge in [-0.3, -0.25) is 9.59 Å². The van der Waals surface area contributed by atoms with E-state index in [4.69, 9.17) is 13.9 Å².